The fraction of sp³-hybridized carbons (Fsp3) is 0. The highest BCUT2D eigenvalue weighted by Gasteiger charge is 2.44. The summed E-state index contributed by atoms with van der Waals surface area (Å²) in [4.78, 5) is 10.9. The molecular weight excluding hydrogens is 777 g/mol. The van der Waals surface area contributed by atoms with Gasteiger partial charge in [-0.25, -0.2) is 0 Å². The molecule has 0 fully saturated rings. The predicted molar refractivity (Wildman–Crippen MR) is 251 cm³/mol. The molecule has 0 amide bonds. The summed E-state index contributed by atoms with van der Waals surface area (Å²) in [5.41, 5.74) is 8.72. The second-order valence-corrected chi connectivity index (χ2v) is 19.3. The number of para-hydroxylation sites is 2. The molecule has 7 aromatic carbocycles. The highest BCUT2D eigenvalue weighted by Crippen LogP contribution is 2.40. The van der Waals surface area contributed by atoms with Gasteiger partial charge in [-0.2, -0.15) is 10.5 Å². The van der Waals surface area contributed by atoms with Crippen molar-refractivity contribution in [1.82, 2.24) is 19.1 Å². The number of hydrogen-bond acceptors (Lipinski definition) is 5. The van der Waals surface area contributed by atoms with Gasteiger partial charge in [0.1, 0.15) is 11.2 Å². The Labute approximate surface area is 356 Å². The first-order chi connectivity index (χ1) is 30.6. The van der Waals surface area contributed by atoms with Crippen LogP contribution in [-0.4, -0.2) is 27.2 Å². The molecule has 12 aromatic rings. The summed E-state index contributed by atoms with van der Waals surface area (Å²) in [6.07, 6.45) is 3.97. The van der Waals surface area contributed by atoms with E-state index in [-0.39, 0.29) is 0 Å². The van der Waals surface area contributed by atoms with Crippen LogP contribution < -0.4 is 21.0 Å². The standard InChI is InChI=1S/C54H32N6OSi/c55-31-35-19-24-47-44(29-35)45-30-36(32-56)20-25-48(45)59(47)37-21-27-51(57-33-37)62(39-11-3-1-4-12-39,40-13-5-2-6-14-40)52-28-22-38(34-58-52)60-46-17-9-7-15-41(46)42-23-26-50-53(54(42)60)43-16-8-10-18-49(43)61-50/h1-30,33-34H. The molecule has 7 nitrogen and oxygen atoms in total. The number of hydrogen-bond donors (Lipinski definition) is 0. The van der Waals surface area contributed by atoms with Crippen molar-refractivity contribution in [2.24, 2.45) is 0 Å². The topological polar surface area (TPSA) is 96.4 Å². The number of rotatable bonds is 6. The van der Waals surface area contributed by atoms with E-state index in [1.807, 2.05) is 60.9 Å². The molecule has 0 bridgehead atoms. The minimum absolute atomic E-state index is 0.564. The van der Waals surface area contributed by atoms with Crippen molar-refractivity contribution in [3.8, 4) is 23.5 Å². The summed E-state index contributed by atoms with van der Waals surface area (Å²) in [5.74, 6) is 0. The molecule has 5 heterocycles. The van der Waals surface area contributed by atoms with Crippen molar-refractivity contribution in [3.63, 3.8) is 0 Å². The van der Waals surface area contributed by atoms with Crippen LogP contribution in [0.25, 0.3) is 76.9 Å². The van der Waals surface area contributed by atoms with Gasteiger partial charge in [-0.15, -0.1) is 0 Å². The van der Waals surface area contributed by atoms with Crippen LogP contribution >= 0.6 is 0 Å². The maximum absolute atomic E-state index is 9.77. The van der Waals surface area contributed by atoms with E-state index in [1.54, 1.807) is 0 Å². The minimum atomic E-state index is -3.15. The van der Waals surface area contributed by atoms with Crippen LogP contribution in [-0.2, 0) is 0 Å². The van der Waals surface area contributed by atoms with Gasteiger partial charge in [-0.05, 0) is 95.3 Å². The van der Waals surface area contributed by atoms with Gasteiger partial charge < -0.3 is 13.6 Å². The number of benzene rings is 7. The molecule has 288 valence electrons. The molecule has 0 aliphatic heterocycles. The summed E-state index contributed by atoms with van der Waals surface area (Å²) < 4.78 is 10.9. The van der Waals surface area contributed by atoms with Gasteiger partial charge >= 0.3 is 0 Å². The van der Waals surface area contributed by atoms with Crippen molar-refractivity contribution in [2.75, 3.05) is 0 Å². The third kappa shape index (κ3) is 5.08. The van der Waals surface area contributed by atoms with Crippen LogP contribution in [0.5, 0.6) is 0 Å². The Morgan fingerprint density at radius 3 is 1.55 bits per heavy atom. The molecule has 0 aliphatic carbocycles. The summed E-state index contributed by atoms with van der Waals surface area (Å²) in [6.45, 7) is 0. The Kier molecular flexibility index (Phi) is 7.85. The molecule has 0 radical (unpaired) electrons. The first-order valence-electron chi connectivity index (χ1n) is 20.4. The average molecular weight is 809 g/mol. The Hall–Kier alpha value is -8.56. The summed E-state index contributed by atoms with van der Waals surface area (Å²) in [6, 6.07) is 67.1. The molecule has 12 rings (SSSR count). The zero-order valence-electron chi connectivity index (χ0n) is 33.1. The lowest BCUT2D eigenvalue weighted by molar-refractivity contribution is 0.669. The van der Waals surface area contributed by atoms with Crippen molar-refractivity contribution < 1.29 is 4.42 Å². The number of fused-ring (bicyclic) bond motifs is 10. The van der Waals surface area contributed by atoms with Gasteiger partial charge in [-0.3, -0.25) is 9.97 Å². The van der Waals surface area contributed by atoms with Crippen molar-refractivity contribution >= 4 is 94.6 Å². The van der Waals surface area contributed by atoms with Gasteiger partial charge in [0.15, 0.2) is 0 Å². The van der Waals surface area contributed by atoms with Crippen LogP contribution in [0.15, 0.2) is 199 Å². The molecule has 0 saturated heterocycles. The van der Waals surface area contributed by atoms with Crippen LogP contribution in [0.4, 0.5) is 0 Å². The molecule has 0 unspecified atom stereocenters. The molecule has 0 aliphatic rings. The van der Waals surface area contributed by atoms with E-state index >= 15 is 0 Å². The Morgan fingerprint density at radius 2 is 0.968 bits per heavy atom. The van der Waals surface area contributed by atoms with Gasteiger partial charge in [0, 0.05) is 37.6 Å². The van der Waals surface area contributed by atoms with E-state index < -0.39 is 8.07 Å². The lowest BCUT2D eigenvalue weighted by Gasteiger charge is -2.32. The SMILES string of the molecule is N#Cc1ccc2c(c1)c1cc(C#N)ccc1n2-c1ccc([Si](c2ccccc2)(c2ccccc2)c2ccc(-n3c4ccccc4c4ccc5oc6ccccc6c5c43)cn2)nc1. The first kappa shape index (κ1) is 35.4. The monoisotopic (exact) mass is 808 g/mol. The Balaban J connectivity index is 1.08. The zero-order valence-corrected chi connectivity index (χ0v) is 34.1. The van der Waals surface area contributed by atoms with Crippen molar-refractivity contribution in [2.45, 2.75) is 0 Å². The van der Waals surface area contributed by atoms with E-state index in [0.29, 0.717) is 11.1 Å². The Morgan fingerprint density at radius 1 is 0.435 bits per heavy atom. The van der Waals surface area contributed by atoms with Gasteiger partial charge in [-0.1, -0.05) is 97.1 Å². The van der Waals surface area contributed by atoms with Crippen LogP contribution in [0.3, 0.4) is 0 Å². The predicted octanol–water partition coefficient (Wildman–Crippen LogP) is 9.69. The molecule has 62 heavy (non-hydrogen) atoms. The van der Waals surface area contributed by atoms with E-state index in [2.05, 4.69) is 155 Å². The van der Waals surface area contributed by atoms with E-state index in [1.165, 1.54) is 15.8 Å². The first-order valence-corrected chi connectivity index (χ1v) is 22.4. The van der Waals surface area contributed by atoms with Crippen molar-refractivity contribution in [1.29, 1.82) is 10.5 Å². The largest absolute Gasteiger partial charge is 0.456 e. The number of aromatic nitrogens is 4. The number of furan rings is 1. The molecule has 0 spiro atoms. The maximum atomic E-state index is 9.77. The fourth-order valence-corrected chi connectivity index (χ4v) is 14.1. The maximum Gasteiger partial charge on any atom is 0.223 e. The molecule has 8 heteroatoms. The molecule has 5 aromatic heterocycles. The summed E-state index contributed by atoms with van der Waals surface area (Å²) in [7, 11) is -3.15. The number of nitriles is 2. The van der Waals surface area contributed by atoms with E-state index in [9.17, 15) is 10.5 Å². The molecule has 0 saturated carbocycles. The number of nitrogens with zero attached hydrogens (tertiary/aromatic N) is 6. The lowest BCUT2D eigenvalue weighted by atomic mass is 10.1. The van der Waals surface area contributed by atoms with E-state index in [0.717, 1.165) is 82.2 Å². The third-order valence-corrected chi connectivity index (χ3v) is 16.9. The second kappa shape index (κ2) is 13.8. The highest BCUT2D eigenvalue weighted by molar-refractivity contribution is 7.19. The normalized spacial score (nSPS) is 11.8. The number of pyridine rings is 2. The van der Waals surface area contributed by atoms with Gasteiger partial charge in [0.25, 0.3) is 0 Å². The van der Waals surface area contributed by atoms with Crippen molar-refractivity contribution in [3.05, 3.63) is 206 Å². The Bertz CT molecular complexity index is 3710. The molecule has 0 N–H and O–H groups in total. The van der Waals surface area contributed by atoms with Crippen LogP contribution in [0.2, 0.25) is 0 Å². The highest BCUT2D eigenvalue weighted by atomic mass is 28.3. The minimum Gasteiger partial charge on any atom is -0.456 e. The summed E-state index contributed by atoms with van der Waals surface area (Å²) in [5, 5.41) is 30.1. The van der Waals surface area contributed by atoms with Gasteiger partial charge in [0.2, 0.25) is 8.07 Å². The zero-order chi connectivity index (χ0) is 41.4. The lowest BCUT2D eigenvalue weighted by Crippen LogP contribution is -2.76. The second-order valence-electron chi connectivity index (χ2n) is 15.6. The van der Waals surface area contributed by atoms with Crippen LogP contribution in [0.1, 0.15) is 11.1 Å². The average Bonchev–Trinajstić information content (AvgIpc) is 4.00. The summed E-state index contributed by atoms with van der Waals surface area (Å²) >= 11 is 0. The molecular formula is C54H32N6OSi. The third-order valence-electron chi connectivity index (χ3n) is 12.4. The van der Waals surface area contributed by atoms with Gasteiger partial charge in [0.05, 0.1) is 74.5 Å². The fourth-order valence-electron chi connectivity index (χ4n) is 9.72. The quantitative estimate of drug-likeness (QED) is 0.156. The van der Waals surface area contributed by atoms with Crippen LogP contribution in [0, 0.1) is 22.7 Å². The smallest absolute Gasteiger partial charge is 0.223 e. The van der Waals surface area contributed by atoms with E-state index in [4.69, 9.17) is 14.4 Å². The molecule has 0 atom stereocenters.